The molecule has 0 amide bonds. The van der Waals surface area contributed by atoms with Gasteiger partial charge in [-0.15, -0.1) is 0 Å². The summed E-state index contributed by atoms with van der Waals surface area (Å²) in [5.74, 6) is 0. The molecule has 58 heavy (non-hydrogen) atoms. The first-order chi connectivity index (χ1) is 28.4. The molecule has 0 saturated heterocycles. The molecule has 0 bridgehead atoms. The highest BCUT2D eigenvalue weighted by atomic mass is 15.1. The highest BCUT2D eigenvalue weighted by molar-refractivity contribution is 5.96. The lowest BCUT2D eigenvalue weighted by atomic mass is 9.87. The van der Waals surface area contributed by atoms with Gasteiger partial charge in [-0.3, -0.25) is 0 Å². The summed E-state index contributed by atoms with van der Waals surface area (Å²) in [6, 6.07) is 62.8. The maximum absolute atomic E-state index is 5.14. The molecule has 2 aromatic heterocycles. The van der Waals surface area contributed by atoms with Gasteiger partial charge in [-0.1, -0.05) is 136 Å². The normalized spacial score (nSPS) is 12.5. The Morgan fingerprint density at radius 3 is 1.67 bits per heavy atom. The SMILES string of the molecule is CC(C)(C)c1ccc(-n2c3c(c4cc(-c5ccc(N(c6ccccc6)c6ccc(-c7nc8ccccc8nc7-c7ccccc7)cc6)cc5)ccc42)C=CCC3)cc1. The van der Waals surface area contributed by atoms with Crippen LogP contribution in [0.25, 0.3) is 67.3 Å². The number of benzene rings is 7. The Morgan fingerprint density at radius 1 is 0.517 bits per heavy atom. The summed E-state index contributed by atoms with van der Waals surface area (Å²) in [7, 11) is 0. The van der Waals surface area contributed by atoms with Crippen LogP contribution in [-0.4, -0.2) is 14.5 Å². The maximum atomic E-state index is 5.14. The third-order valence-corrected chi connectivity index (χ3v) is 11.4. The zero-order valence-corrected chi connectivity index (χ0v) is 33.1. The van der Waals surface area contributed by atoms with Crippen LogP contribution in [0.1, 0.15) is 44.0 Å². The minimum Gasteiger partial charge on any atom is -0.313 e. The zero-order chi connectivity index (χ0) is 39.2. The first kappa shape index (κ1) is 35.4. The molecule has 4 heteroatoms. The monoisotopic (exact) mass is 748 g/mol. The van der Waals surface area contributed by atoms with E-state index in [2.05, 4.69) is 188 Å². The third-order valence-electron chi connectivity index (χ3n) is 11.4. The number of nitrogens with zero attached hydrogens (tertiary/aromatic N) is 4. The minimum atomic E-state index is 0.119. The fraction of sp³-hybridized carbons (Fsp3) is 0.111. The molecule has 0 saturated carbocycles. The zero-order valence-electron chi connectivity index (χ0n) is 33.1. The topological polar surface area (TPSA) is 34.0 Å². The molecule has 0 aliphatic heterocycles. The summed E-state index contributed by atoms with van der Waals surface area (Å²) < 4.78 is 2.48. The standard InChI is InChI=1S/C54H44N4/c1-54(2,3)41-27-33-45(34-28-41)58-50-21-13-10-18-46(50)47-36-40(26-35-51(47)58)37-22-29-43(30-23-37)57(42-16-8-5-9-17-42)44-31-24-39(25-32-44)53-52(38-14-6-4-7-15-38)55-48-19-11-12-20-49(48)56-53/h4-12,14-20,22-36H,13,21H2,1-3H3. The van der Waals surface area contributed by atoms with Gasteiger partial charge < -0.3 is 9.47 Å². The fourth-order valence-corrected chi connectivity index (χ4v) is 8.40. The first-order valence-electron chi connectivity index (χ1n) is 20.2. The number of anilines is 3. The molecule has 9 aromatic rings. The van der Waals surface area contributed by atoms with E-state index in [-0.39, 0.29) is 5.41 Å². The number of hydrogen-bond donors (Lipinski definition) is 0. The van der Waals surface area contributed by atoms with Gasteiger partial charge in [0.2, 0.25) is 0 Å². The summed E-state index contributed by atoms with van der Waals surface area (Å²) >= 11 is 0. The number of para-hydroxylation sites is 3. The average Bonchev–Trinajstić information content (AvgIpc) is 3.61. The summed E-state index contributed by atoms with van der Waals surface area (Å²) in [5.41, 5.74) is 17.9. The van der Waals surface area contributed by atoms with Gasteiger partial charge in [0.25, 0.3) is 0 Å². The Balaban J connectivity index is 1.00. The molecular formula is C54H44N4. The first-order valence-corrected chi connectivity index (χ1v) is 20.2. The van der Waals surface area contributed by atoms with Gasteiger partial charge in [0.05, 0.1) is 27.9 Å². The van der Waals surface area contributed by atoms with Gasteiger partial charge in [0.15, 0.2) is 0 Å². The van der Waals surface area contributed by atoms with E-state index in [0.717, 1.165) is 63.5 Å². The molecular weight excluding hydrogens is 705 g/mol. The molecule has 0 unspecified atom stereocenters. The summed E-state index contributed by atoms with van der Waals surface area (Å²) in [5, 5.41) is 1.30. The van der Waals surface area contributed by atoms with Crippen molar-refractivity contribution in [3.63, 3.8) is 0 Å². The molecule has 1 aliphatic carbocycles. The lowest BCUT2D eigenvalue weighted by Gasteiger charge is -2.26. The van der Waals surface area contributed by atoms with Crippen molar-refractivity contribution in [3.8, 4) is 39.3 Å². The van der Waals surface area contributed by atoms with Crippen LogP contribution in [0.4, 0.5) is 17.1 Å². The van der Waals surface area contributed by atoms with Gasteiger partial charge >= 0.3 is 0 Å². The van der Waals surface area contributed by atoms with Crippen LogP contribution in [0.5, 0.6) is 0 Å². The van der Waals surface area contributed by atoms with Crippen LogP contribution in [0.15, 0.2) is 182 Å². The molecule has 0 atom stereocenters. The summed E-state index contributed by atoms with van der Waals surface area (Å²) in [4.78, 5) is 12.5. The molecule has 2 heterocycles. The van der Waals surface area contributed by atoms with E-state index in [0.29, 0.717) is 0 Å². The van der Waals surface area contributed by atoms with E-state index in [4.69, 9.17) is 9.97 Å². The molecule has 1 aliphatic rings. The van der Waals surface area contributed by atoms with Crippen molar-refractivity contribution in [1.29, 1.82) is 0 Å². The highest BCUT2D eigenvalue weighted by Crippen LogP contribution is 2.40. The van der Waals surface area contributed by atoms with Crippen LogP contribution >= 0.6 is 0 Å². The van der Waals surface area contributed by atoms with Crippen molar-refractivity contribution >= 4 is 45.1 Å². The van der Waals surface area contributed by atoms with Crippen molar-refractivity contribution in [1.82, 2.24) is 14.5 Å². The quantitative estimate of drug-likeness (QED) is 0.163. The average molecular weight is 749 g/mol. The van der Waals surface area contributed by atoms with Gasteiger partial charge in [-0.25, -0.2) is 9.97 Å². The van der Waals surface area contributed by atoms with Crippen LogP contribution in [0.2, 0.25) is 0 Å². The van der Waals surface area contributed by atoms with E-state index in [1.807, 2.05) is 30.3 Å². The molecule has 10 rings (SSSR count). The van der Waals surface area contributed by atoms with Crippen molar-refractivity contribution < 1.29 is 0 Å². The van der Waals surface area contributed by atoms with Crippen molar-refractivity contribution in [2.45, 2.75) is 39.0 Å². The summed E-state index contributed by atoms with van der Waals surface area (Å²) in [6.45, 7) is 6.82. The van der Waals surface area contributed by atoms with Gasteiger partial charge in [-0.2, -0.15) is 0 Å². The van der Waals surface area contributed by atoms with Gasteiger partial charge in [0.1, 0.15) is 0 Å². The van der Waals surface area contributed by atoms with Gasteiger partial charge in [-0.05, 0) is 108 Å². The van der Waals surface area contributed by atoms with Gasteiger partial charge in [0, 0.05) is 50.5 Å². The molecule has 0 fully saturated rings. The third kappa shape index (κ3) is 6.47. The largest absolute Gasteiger partial charge is 0.313 e. The van der Waals surface area contributed by atoms with E-state index in [1.165, 1.54) is 44.5 Å². The number of fused-ring (bicyclic) bond motifs is 4. The van der Waals surface area contributed by atoms with Crippen LogP contribution in [-0.2, 0) is 11.8 Å². The molecule has 0 radical (unpaired) electrons. The highest BCUT2D eigenvalue weighted by Gasteiger charge is 2.21. The lowest BCUT2D eigenvalue weighted by Crippen LogP contribution is -2.11. The smallest absolute Gasteiger partial charge is 0.0973 e. The minimum absolute atomic E-state index is 0.119. The van der Waals surface area contributed by atoms with E-state index in [9.17, 15) is 0 Å². The molecule has 4 nitrogen and oxygen atoms in total. The lowest BCUT2D eigenvalue weighted by molar-refractivity contribution is 0.590. The van der Waals surface area contributed by atoms with Crippen molar-refractivity contribution in [3.05, 3.63) is 199 Å². The predicted octanol–water partition coefficient (Wildman–Crippen LogP) is 14.3. The Bertz CT molecular complexity index is 2940. The number of rotatable bonds is 7. The Labute approximate surface area is 340 Å². The Morgan fingerprint density at radius 2 is 1.05 bits per heavy atom. The Kier molecular flexibility index (Phi) is 8.83. The van der Waals surface area contributed by atoms with E-state index >= 15 is 0 Å². The van der Waals surface area contributed by atoms with Crippen LogP contribution in [0.3, 0.4) is 0 Å². The Hall–Kier alpha value is -7.04. The fourth-order valence-electron chi connectivity index (χ4n) is 8.40. The van der Waals surface area contributed by atoms with Crippen molar-refractivity contribution in [2.75, 3.05) is 4.90 Å². The molecule has 280 valence electrons. The second kappa shape index (κ2) is 14.5. The second-order valence-corrected chi connectivity index (χ2v) is 16.2. The van der Waals surface area contributed by atoms with Crippen LogP contribution < -0.4 is 4.90 Å². The maximum Gasteiger partial charge on any atom is 0.0973 e. The predicted molar refractivity (Wildman–Crippen MR) is 243 cm³/mol. The molecule has 7 aromatic carbocycles. The second-order valence-electron chi connectivity index (χ2n) is 16.2. The molecule has 0 spiro atoms. The number of hydrogen-bond acceptors (Lipinski definition) is 3. The van der Waals surface area contributed by atoms with Crippen LogP contribution in [0, 0.1) is 0 Å². The number of allylic oxidation sites excluding steroid dienone is 1. The summed E-state index contributed by atoms with van der Waals surface area (Å²) in [6.07, 6.45) is 6.74. The van der Waals surface area contributed by atoms with Crippen molar-refractivity contribution in [2.24, 2.45) is 0 Å². The van der Waals surface area contributed by atoms with E-state index < -0.39 is 0 Å². The van der Waals surface area contributed by atoms with E-state index in [1.54, 1.807) is 0 Å². The number of aromatic nitrogens is 3. The molecule has 0 N–H and O–H groups in total.